The van der Waals surface area contributed by atoms with Gasteiger partial charge in [0.2, 0.25) is 0 Å². The maximum absolute atomic E-state index is 11.5. The molecule has 1 heterocycles. The first-order valence-corrected chi connectivity index (χ1v) is 10.4. The molecule has 0 spiro atoms. The summed E-state index contributed by atoms with van der Waals surface area (Å²) in [6.07, 6.45) is 5.11. The Balaban J connectivity index is 1.59. The van der Waals surface area contributed by atoms with E-state index in [0.717, 1.165) is 19.5 Å². The first-order chi connectivity index (χ1) is 13.6. The van der Waals surface area contributed by atoms with Crippen molar-refractivity contribution in [1.82, 2.24) is 4.57 Å². The molecule has 1 aromatic heterocycles. The molecule has 1 aromatic carbocycles. The van der Waals surface area contributed by atoms with E-state index in [2.05, 4.69) is 54.1 Å². The number of ether oxygens (including phenoxy) is 1. The highest BCUT2D eigenvalue weighted by atomic mass is 16.5. The lowest BCUT2D eigenvalue weighted by atomic mass is 10.1. The molecule has 1 saturated carbocycles. The normalized spacial score (nSPS) is 16.0. The number of rotatable bonds is 11. The average molecular weight is 386 g/mol. The molecule has 28 heavy (non-hydrogen) atoms. The summed E-state index contributed by atoms with van der Waals surface area (Å²) in [5, 5.41) is 10.4. The number of quaternary nitrogens is 1. The van der Waals surface area contributed by atoms with E-state index in [1.54, 1.807) is 0 Å². The van der Waals surface area contributed by atoms with Crippen LogP contribution in [0.1, 0.15) is 49.4 Å². The molecule has 2 atom stereocenters. The Morgan fingerprint density at radius 1 is 1.29 bits per heavy atom. The van der Waals surface area contributed by atoms with Crippen LogP contribution in [0.25, 0.3) is 0 Å². The van der Waals surface area contributed by atoms with Gasteiger partial charge in [0.1, 0.15) is 25.8 Å². The van der Waals surface area contributed by atoms with Gasteiger partial charge >= 0.3 is 5.97 Å². The minimum Gasteiger partial charge on any atom is -0.463 e. The third-order valence-corrected chi connectivity index (χ3v) is 5.48. The van der Waals surface area contributed by atoms with Crippen molar-refractivity contribution in [1.29, 1.82) is 0 Å². The summed E-state index contributed by atoms with van der Waals surface area (Å²) in [4.78, 5) is 12.9. The van der Waals surface area contributed by atoms with E-state index in [1.165, 1.54) is 34.6 Å². The van der Waals surface area contributed by atoms with Crippen molar-refractivity contribution >= 4 is 5.97 Å². The van der Waals surface area contributed by atoms with Gasteiger partial charge < -0.3 is 19.3 Å². The fourth-order valence-corrected chi connectivity index (χ4v) is 3.67. The molecule has 1 aliphatic rings. The van der Waals surface area contributed by atoms with E-state index in [4.69, 9.17) is 4.74 Å². The van der Waals surface area contributed by atoms with Crippen LogP contribution in [0.5, 0.6) is 0 Å². The van der Waals surface area contributed by atoms with Gasteiger partial charge in [-0.25, -0.2) is 0 Å². The molecule has 0 saturated heterocycles. The van der Waals surface area contributed by atoms with Crippen molar-refractivity contribution in [3.63, 3.8) is 0 Å². The molecular weight excluding hydrogens is 352 g/mol. The topological polar surface area (TPSA) is 55.9 Å². The summed E-state index contributed by atoms with van der Waals surface area (Å²) >= 11 is 0. The average Bonchev–Trinajstić information content (AvgIpc) is 3.43. The zero-order chi connectivity index (χ0) is 19.9. The van der Waals surface area contributed by atoms with Crippen LogP contribution in [0.15, 0.2) is 42.6 Å². The number of nitrogens with one attached hydrogen (secondary N) is 1. The lowest BCUT2D eigenvalue weighted by Gasteiger charge is -2.23. The van der Waals surface area contributed by atoms with E-state index in [1.807, 2.05) is 6.92 Å². The summed E-state index contributed by atoms with van der Waals surface area (Å²) < 4.78 is 7.49. The fourth-order valence-electron chi connectivity index (χ4n) is 3.67. The van der Waals surface area contributed by atoms with E-state index in [9.17, 15) is 9.90 Å². The molecule has 2 N–H and O–H groups in total. The number of esters is 1. The van der Waals surface area contributed by atoms with Crippen LogP contribution in [0.4, 0.5) is 0 Å². The summed E-state index contributed by atoms with van der Waals surface area (Å²) in [5.41, 5.74) is 3.91. The Labute approximate surface area is 167 Å². The first-order valence-electron chi connectivity index (χ1n) is 10.4. The quantitative estimate of drug-likeness (QED) is 0.583. The Kier molecular flexibility index (Phi) is 7.29. The second kappa shape index (κ2) is 9.89. The lowest BCUT2D eigenvalue weighted by Crippen LogP contribution is -3.13. The summed E-state index contributed by atoms with van der Waals surface area (Å²) in [6, 6.07) is 13.4. The van der Waals surface area contributed by atoms with Crippen LogP contribution in [-0.2, 0) is 22.6 Å². The van der Waals surface area contributed by atoms with Gasteiger partial charge in [0.25, 0.3) is 0 Å². The molecule has 0 bridgehead atoms. The van der Waals surface area contributed by atoms with Crippen LogP contribution in [0.3, 0.4) is 0 Å². The minimum absolute atomic E-state index is 0.0965. The Bertz CT molecular complexity index is 767. The Morgan fingerprint density at radius 2 is 2.07 bits per heavy atom. The van der Waals surface area contributed by atoms with Gasteiger partial charge in [-0.05, 0) is 36.6 Å². The van der Waals surface area contributed by atoms with Gasteiger partial charge in [-0.2, -0.15) is 0 Å². The monoisotopic (exact) mass is 385 g/mol. The standard InChI is InChI=1S/C23H32N2O3/c1-3-7-23(27)28-17-22(26)16-25(20-11-12-20)15-21-10-6-13-24(21)14-19-9-5-4-8-18(19)2/h4-6,8-10,13,20,22,26H,3,7,11-12,14-17H2,1-2H3/p+1/t22-/m1/s1. The molecule has 1 aliphatic carbocycles. The van der Waals surface area contributed by atoms with Gasteiger partial charge in [0, 0.05) is 32.0 Å². The zero-order valence-corrected chi connectivity index (χ0v) is 17.1. The smallest absolute Gasteiger partial charge is 0.305 e. The Morgan fingerprint density at radius 3 is 2.79 bits per heavy atom. The third kappa shape index (κ3) is 5.94. The number of carbonyl (C=O) groups is 1. The molecular formula is C23H33N2O3+. The molecule has 3 rings (SSSR count). The molecule has 2 aromatic rings. The number of hydrogen-bond donors (Lipinski definition) is 2. The number of aryl methyl sites for hydroxylation is 1. The van der Waals surface area contributed by atoms with Crippen molar-refractivity contribution in [2.45, 2.75) is 64.8 Å². The van der Waals surface area contributed by atoms with Gasteiger partial charge in [-0.1, -0.05) is 31.2 Å². The number of aromatic nitrogens is 1. The maximum Gasteiger partial charge on any atom is 0.305 e. The lowest BCUT2D eigenvalue weighted by molar-refractivity contribution is -0.928. The molecule has 1 unspecified atom stereocenters. The molecule has 5 nitrogen and oxygen atoms in total. The highest BCUT2D eigenvalue weighted by Crippen LogP contribution is 2.17. The van der Waals surface area contributed by atoms with Gasteiger partial charge in [0.05, 0.1) is 11.7 Å². The van der Waals surface area contributed by atoms with Crippen LogP contribution < -0.4 is 4.90 Å². The van der Waals surface area contributed by atoms with E-state index >= 15 is 0 Å². The number of aliphatic hydroxyl groups is 1. The van der Waals surface area contributed by atoms with Crippen LogP contribution in [0.2, 0.25) is 0 Å². The second-order valence-electron chi connectivity index (χ2n) is 7.95. The fraction of sp³-hybridized carbons (Fsp3) is 0.522. The third-order valence-electron chi connectivity index (χ3n) is 5.48. The van der Waals surface area contributed by atoms with Crippen molar-refractivity contribution in [3.05, 3.63) is 59.4 Å². The van der Waals surface area contributed by atoms with Gasteiger partial charge in [-0.15, -0.1) is 0 Å². The summed E-state index contributed by atoms with van der Waals surface area (Å²) in [7, 11) is 0. The molecule has 0 aliphatic heterocycles. The predicted molar refractivity (Wildman–Crippen MR) is 109 cm³/mol. The molecule has 0 amide bonds. The summed E-state index contributed by atoms with van der Waals surface area (Å²) in [5.74, 6) is -0.221. The maximum atomic E-state index is 11.5. The van der Waals surface area contributed by atoms with E-state index in [-0.39, 0.29) is 12.6 Å². The van der Waals surface area contributed by atoms with Crippen LogP contribution >= 0.6 is 0 Å². The summed E-state index contributed by atoms with van der Waals surface area (Å²) in [6.45, 7) is 6.55. The number of benzene rings is 1. The van der Waals surface area contributed by atoms with Crippen molar-refractivity contribution in [2.75, 3.05) is 13.2 Å². The number of carbonyl (C=O) groups excluding carboxylic acids is 1. The van der Waals surface area contributed by atoms with Gasteiger partial charge in [0.15, 0.2) is 0 Å². The predicted octanol–water partition coefficient (Wildman–Crippen LogP) is 2.10. The zero-order valence-electron chi connectivity index (χ0n) is 17.1. The van der Waals surface area contributed by atoms with Crippen LogP contribution in [0, 0.1) is 6.92 Å². The Hall–Kier alpha value is -2.11. The highest BCUT2D eigenvalue weighted by molar-refractivity contribution is 5.69. The van der Waals surface area contributed by atoms with Gasteiger partial charge in [-0.3, -0.25) is 4.79 Å². The largest absolute Gasteiger partial charge is 0.463 e. The number of hydrogen-bond acceptors (Lipinski definition) is 3. The van der Waals surface area contributed by atoms with E-state index in [0.29, 0.717) is 19.0 Å². The van der Waals surface area contributed by atoms with Crippen molar-refractivity contribution < 1.29 is 19.5 Å². The molecule has 5 heteroatoms. The highest BCUT2D eigenvalue weighted by Gasteiger charge is 2.35. The van der Waals surface area contributed by atoms with Crippen molar-refractivity contribution in [3.8, 4) is 0 Å². The van der Waals surface area contributed by atoms with Crippen LogP contribution in [-0.4, -0.2) is 40.9 Å². The van der Waals surface area contributed by atoms with Crippen molar-refractivity contribution in [2.24, 2.45) is 0 Å². The minimum atomic E-state index is -0.615. The number of aliphatic hydroxyl groups excluding tert-OH is 1. The SMILES string of the molecule is CCCC(=O)OC[C@H](O)C[NH+](Cc1cccn1Cc1ccccc1C)C1CC1. The first kappa shape index (κ1) is 20.6. The molecule has 1 fully saturated rings. The number of nitrogens with zero attached hydrogens (tertiary/aromatic N) is 1. The molecule has 152 valence electrons. The molecule has 0 radical (unpaired) electrons. The van der Waals surface area contributed by atoms with E-state index < -0.39 is 6.10 Å². The second-order valence-corrected chi connectivity index (χ2v) is 7.95.